The van der Waals surface area contributed by atoms with Gasteiger partial charge in [0.2, 0.25) is 5.91 Å². The van der Waals surface area contributed by atoms with E-state index >= 15 is 0 Å². The smallest absolute Gasteiger partial charge is 0.238 e. The fraction of sp³-hybridized carbons (Fsp3) is 0.500. The summed E-state index contributed by atoms with van der Waals surface area (Å²) < 4.78 is 0. The van der Waals surface area contributed by atoms with Crippen LogP contribution in [0.3, 0.4) is 0 Å². The predicted octanol–water partition coefficient (Wildman–Crippen LogP) is 3.15. The number of likely N-dealkylation sites (N-methyl/N-ethyl adjacent to an activating group) is 1. The first-order valence-corrected chi connectivity index (χ1v) is 6.79. The Bertz CT molecular complexity index is 416. The fourth-order valence-corrected chi connectivity index (χ4v) is 2.64. The van der Waals surface area contributed by atoms with Crippen LogP contribution in [-0.4, -0.2) is 30.4 Å². The number of nitrogens with zero attached hydrogens (tertiary/aromatic N) is 1. The van der Waals surface area contributed by atoms with Crippen LogP contribution in [0, 0.1) is 0 Å². The van der Waals surface area contributed by atoms with Gasteiger partial charge in [0.15, 0.2) is 0 Å². The first-order chi connectivity index (χ1) is 8.66. The van der Waals surface area contributed by atoms with E-state index < -0.39 is 0 Å². The van der Waals surface area contributed by atoms with E-state index in [-0.39, 0.29) is 5.91 Å². The Morgan fingerprint density at radius 3 is 2.72 bits per heavy atom. The van der Waals surface area contributed by atoms with E-state index in [2.05, 4.69) is 10.2 Å². The Morgan fingerprint density at radius 2 is 2.06 bits per heavy atom. The summed E-state index contributed by atoms with van der Waals surface area (Å²) in [6.07, 6.45) is 4.97. The average Bonchev–Trinajstić information content (AvgIpc) is 2.85. The van der Waals surface area contributed by atoms with Gasteiger partial charge in [-0.1, -0.05) is 36.6 Å². The van der Waals surface area contributed by atoms with Crippen LogP contribution in [0.25, 0.3) is 0 Å². The number of benzene rings is 1. The van der Waals surface area contributed by atoms with Gasteiger partial charge in [-0.2, -0.15) is 0 Å². The standard InChI is InChI=1S/C14H19ClN2O/c1-17(11-6-2-3-7-11)10-14(18)16-13-9-5-4-8-12(13)15/h4-5,8-9,11H,2-3,6-7,10H2,1H3,(H,16,18). The van der Waals surface area contributed by atoms with Gasteiger partial charge in [-0.15, -0.1) is 0 Å². The molecule has 0 unspecified atom stereocenters. The highest BCUT2D eigenvalue weighted by atomic mass is 35.5. The van der Waals surface area contributed by atoms with Crippen LogP contribution in [0.15, 0.2) is 24.3 Å². The number of halogens is 1. The van der Waals surface area contributed by atoms with Crippen molar-refractivity contribution in [2.24, 2.45) is 0 Å². The SMILES string of the molecule is CN(CC(=O)Nc1ccccc1Cl)C1CCCC1. The molecule has 1 aromatic carbocycles. The van der Waals surface area contributed by atoms with Gasteiger partial charge in [0.05, 0.1) is 17.3 Å². The van der Waals surface area contributed by atoms with Crippen LogP contribution in [0.4, 0.5) is 5.69 Å². The molecular weight excluding hydrogens is 248 g/mol. The van der Waals surface area contributed by atoms with Gasteiger partial charge in [-0.25, -0.2) is 0 Å². The molecule has 1 N–H and O–H groups in total. The van der Waals surface area contributed by atoms with Crippen molar-refractivity contribution in [2.75, 3.05) is 18.9 Å². The minimum atomic E-state index is -0.00231. The molecule has 1 amide bonds. The van der Waals surface area contributed by atoms with Crippen molar-refractivity contribution in [3.63, 3.8) is 0 Å². The number of anilines is 1. The van der Waals surface area contributed by atoms with Crippen molar-refractivity contribution >= 4 is 23.2 Å². The monoisotopic (exact) mass is 266 g/mol. The minimum Gasteiger partial charge on any atom is -0.324 e. The average molecular weight is 267 g/mol. The molecule has 1 fully saturated rings. The Labute approximate surface area is 113 Å². The molecule has 0 aliphatic heterocycles. The number of rotatable bonds is 4. The van der Waals surface area contributed by atoms with Gasteiger partial charge in [-0.3, -0.25) is 9.69 Å². The van der Waals surface area contributed by atoms with Gasteiger partial charge >= 0.3 is 0 Å². The molecule has 0 radical (unpaired) electrons. The van der Waals surface area contributed by atoms with Crippen molar-refractivity contribution in [3.05, 3.63) is 29.3 Å². The van der Waals surface area contributed by atoms with Crippen LogP contribution in [0.2, 0.25) is 5.02 Å². The zero-order chi connectivity index (χ0) is 13.0. The molecule has 0 bridgehead atoms. The molecule has 0 spiro atoms. The molecule has 2 rings (SSSR count). The molecule has 1 aliphatic carbocycles. The lowest BCUT2D eigenvalue weighted by atomic mass is 10.2. The normalized spacial score (nSPS) is 16.2. The van der Waals surface area contributed by atoms with Gasteiger partial charge in [0, 0.05) is 6.04 Å². The molecule has 1 aliphatic rings. The minimum absolute atomic E-state index is 0.00231. The molecule has 0 aromatic heterocycles. The maximum Gasteiger partial charge on any atom is 0.238 e. The van der Waals surface area contributed by atoms with Gasteiger partial charge in [-0.05, 0) is 32.0 Å². The van der Waals surface area contributed by atoms with Crippen LogP contribution < -0.4 is 5.32 Å². The highest BCUT2D eigenvalue weighted by Crippen LogP contribution is 2.23. The van der Waals surface area contributed by atoms with Crippen LogP contribution in [-0.2, 0) is 4.79 Å². The molecule has 1 aromatic rings. The zero-order valence-electron chi connectivity index (χ0n) is 10.7. The summed E-state index contributed by atoms with van der Waals surface area (Å²) in [5.74, 6) is -0.00231. The van der Waals surface area contributed by atoms with Crippen molar-refractivity contribution in [1.82, 2.24) is 4.90 Å². The lowest BCUT2D eigenvalue weighted by molar-refractivity contribution is -0.117. The van der Waals surface area contributed by atoms with E-state index in [1.54, 1.807) is 6.07 Å². The van der Waals surface area contributed by atoms with E-state index in [1.165, 1.54) is 25.7 Å². The molecule has 4 heteroatoms. The van der Waals surface area contributed by atoms with Crippen molar-refractivity contribution in [3.8, 4) is 0 Å². The van der Waals surface area contributed by atoms with Crippen molar-refractivity contribution in [1.29, 1.82) is 0 Å². The maximum absolute atomic E-state index is 11.9. The second-order valence-corrected chi connectivity index (χ2v) is 5.29. The number of nitrogens with one attached hydrogen (secondary N) is 1. The summed E-state index contributed by atoms with van der Waals surface area (Å²) >= 11 is 6.00. The Hall–Kier alpha value is -1.06. The van der Waals surface area contributed by atoms with E-state index in [9.17, 15) is 4.79 Å². The van der Waals surface area contributed by atoms with E-state index in [0.717, 1.165) is 0 Å². The third kappa shape index (κ3) is 3.47. The molecule has 0 saturated heterocycles. The highest BCUT2D eigenvalue weighted by Gasteiger charge is 2.21. The number of carbonyl (C=O) groups excluding carboxylic acids is 1. The van der Waals surface area contributed by atoms with E-state index in [0.29, 0.717) is 23.3 Å². The van der Waals surface area contributed by atoms with Crippen LogP contribution >= 0.6 is 11.6 Å². The van der Waals surface area contributed by atoms with Crippen LogP contribution in [0.5, 0.6) is 0 Å². The first kappa shape index (κ1) is 13.4. The van der Waals surface area contributed by atoms with Crippen molar-refractivity contribution in [2.45, 2.75) is 31.7 Å². The van der Waals surface area contributed by atoms with Gasteiger partial charge < -0.3 is 5.32 Å². The van der Waals surface area contributed by atoms with Crippen LogP contribution in [0.1, 0.15) is 25.7 Å². The summed E-state index contributed by atoms with van der Waals surface area (Å²) in [5, 5.41) is 3.43. The number of carbonyl (C=O) groups is 1. The first-order valence-electron chi connectivity index (χ1n) is 6.41. The second-order valence-electron chi connectivity index (χ2n) is 4.88. The lowest BCUT2D eigenvalue weighted by Gasteiger charge is -2.23. The number of hydrogen-bond donors (Lipinski definition) is 1. The van der Waals surface area contributed by atoms with E-state index in [1.807, 2.05) is 25.2 Å². The summed E-state index contributed by atoms with van der Waals surface area (Å²) in [6.45, 7) is 0.426. The third-order valence-corrected chi connectivity index (χ3v) is 3.82. The molecule has 1 saturated carbocycles. The van der Waals surface area contributed by atoms with Gasteiger partial charge in [0.25, 0.3) is 0 Å². The summed E-state index contributed by atoms with van der Waals surface area (Å²) in [5.41, 5.74) is 0.684. The highest BCUT2D eigenvalue weighted by molar-refractivity contribution is 6.33. The topological polar surface area (TPSA) is 32.3 Å². The molecule has 0 heterocycles. The maximum atomic E-state index is 11.9. The molecule has 18 heavy (non-hydrogen) atoms. The molecular formula is C14H19ClN2O. The van der Waals surface area contributed by atoms with Crippen molar-refractivity contribution < 1.29 is 4.79 Å². The second kappa shape index (κ2) is 6.21. The Kier molecular flexibility index (Phi) is 4.61. The Balaban J connectivity index is 1.86. The van der Waals surface area contributed by atoms with E-state index in [4.69, 9.17) is 11.6 Å². The quantitative estimate of drug-likeness (QED) is 0.908. The summed E-state index contributed by atoms with van der Waals surface area (Å²) in [7, 11) is 2.02. The largest absolute Gasteiger partial charge is 0.324 e. The Morgan fingerprint density at radius 1 is 1.39 bits per heavy atom. The molecule has 3 nitrogen and oxygen atoms in total. The lowest BCUT2D eigenvalue weighted by Crippen LogP contribution is -2.36. The number of amides is 1. The predicted molar refractivity (Wildman–Crippen MR) is 75.0 cm³/mol. The zero-order valence-corrected chi connectivity index (χ0v) is 11.4. The fourth-order valence-electron chi connectivity index (χ4n) is 2.45. The third-order valence-electron chi connectivity index (χ3n) is 3.49. The molecule has 98 valence electrons. The summed E-state index contributed by atoms with van der Waals surface area (Å²) in [6, 6.07) is 7.86. The number of para-hydroxylation sites is 1. The van der Waals surface area contributed by atoms with Gasteiger partial charge in [0.1, 0.15) is 0 Å². The molecule has 0 atom stereocenters. The summed E-state index contributed by atoms with van der Waals surface area (Å²) in [4.78, 5) is 14.1. The number of hydrogen-bond acceptors (Lipinski definition) is 2.